The molecule has 0 aliphatic carbocycles. The number of hydrogen-bond acceptors (Lipinski definition) is 4. The van der Waals surface area contributed by atoms with Crippen molar-refractivity contribution in [2.45, 2.75) is 26.3 Å². The molecule has 6 nitrogen and oxygen atoms in total. The molecule has 1 fully saturated rings. The number of carbonyl (C=O) groups excluding carboxylic acids is 2. The van der Waals surface area contributed by atoms with Gasteiger partial charge in [0.2, 0.25) is 11.8 Å². The molecule has 1 atom stereocenters. The van der Waals surface area contributed by atoms with Crippen LogP contribution in [0.5, 0.6) is 0 Å². The molecule has 18 heavy (non-hydrogen) atoms. The zero-order valence-electron chi connectivity index (χ0n) is 11.2. The Morgan fingerprint density at radius 3 is 2.44 bits per heavy atom. The Labute approximate surface area is 108 Å². The molecule has 0 aromatic rings. The Morgan fingerprint density at radius 2 is 1.94 bits per heavy atom. The van der Waals surface area contributed by atoms with Crippen molar-refractivity contribution in [1.29, 1.82) is 0 Å². The van der Waals surface area contributed by atoms with Gasteiger partial charge in [0.05, 0.1) is 6.04 Å². The smallest absolute Gasteiger partial charge is 0.234 e. The van der Waals surface area contributed by atoms with E-state index in [9.17, 15) is 9.59 Å². The number of nitrogens with zero attached hydrogens (tertiary/aromatic N) is 1. The molecule has 0 aromatic carbocycles. The van der Waals surface area contributed by atoms with Crippen LogP contribution in [0.4, 0.5) is 0 Å². The van der Waals surface area contributed by atoms with Gasteiger partial charge in [-0.2, -0.15) is 0 Å². The quantitative estimate of drug-likeness (QED) is 0.563. The van der Waals surface area contributed by atoms with Crippen LogP contribution in [0.15, 0.2) is 0 Å². The highest BCUT2D eigenvalue weighted by molar-refractivity contribution is 5.80. The molecule has 1 saturated heterocycles. The lowest BCUT2D eigenvalue weighted by Gasteiger charge is -2.28. The summed E-state index contributed by atoms with van der Waals surface area (Å²) in [6, 6.07) is -0.360. The Bertz CT molecular complexity index is 288. The maximum Gasteiger partial charge on any atom is 0.234 e. The first kappa shape index (κ1) is 14.9. The Hall–Kier alpha value is -1.14. The van der Waals surface area contributed by atoms with Crippen LogP contribution < -0.4 is 16.4 Å². The highest BCUT2D eigenvalue weighted by atomic mass is 16.2. The minimum atomic E-state index is -0.361. The van der Waals surface area contributed by atoms with Crippen molar-refractivity contribution in [3.8, 4) is 0 Å². The monoisotopic (exact) mass is 256 g/mol. The van der Waals surface area contributed by atoms with Crippen LogP contribution in [-0.2, 0) is 9.59 Å². The lowest BCUT2D eigenvalue weighted by molar-refractivity contribution is -0.132. The zero-order chi connectivity index (χ0) is 13.5. The van der Waals surface area contributed by atoms with E-state index in [1.54, 1.807) is 0 Å². The summed E-state index contributed by atoms with van der Waals surface area (Å²) in [5, 5.41) is 6.25. The van der Waals surface area contributed by atoms with E-state index in [2.05, 4.69) is 10.6 Å². The van der Waals surface area contributed by atoms with Crippen LogP contribution in [-0.4, -0.2) is 55.5 Å². The van der Waals surface area contributed by atoms with Crippen LogP contribution in [0.25, 0.3) is 0 Å². The average molecular weight is 256 g/mol. The SMILES string of the molecule is CC(C)C(NCCC(=O)N1CCNCC1)C(N)=O. The van der Waals surface area contributed by atoms with E-state index in [1.807, 2.05) is 18.7 Å². The predicted molar refractivity (Wildman–Crippen MR) is 69.9 cm³/mol. The molecule has 2 amide bonds. The first-order valence-corrected chi connectivity index (χ1v) is 6.53. The molecule has 1 aliphatic heterocycles. The molecular formula is C12H24N4O2. The van der Waals surface area contributed by atoms with Gasteiger partial charge < -0.3 is 21.3 Å². The van der Waals surface area contributed by atoms with Crippen molar-refractivity contribution < 1.29 is 9.59 Å². The van der Waals surface area contributed by atoms with E-state index in [-0.39, 0.29) is 23.8 Å². The van der Waals surface area contributed by atoms with Crippen molar-refractivity contribution in [2.75, 3.05) is 32.7 Å². The van der Waals surface area contributed by atoms with Gasteiger partial charge in [-0.3, -0.25) is 9.59 Å². The normalized spacial score (nSPS) is 17.8. The molecule has 1 heterocycles. The Balaban J connectivity index is 2.27. The zero-order valence-corrected chi connectivity index (χ0v) is 11.2. The molecule has 0 aromatic heterocycles. The molecule has 0 bridgehead atoms. The number of nitrogens with one attached hydrogen (secondary N) is 2. The molecule has 0 spiro atoms. The fourth-order valence-corrected chi connectivity index (χ4v) is 2.07. The van der Waals surface area contributed by atoms with E-state index < -0.39 is 0 Å². The number of hydrogen-bond donors (Lipinski definition) is 3. The third kappa shape index (κ3) is 4.62. The highest BCUT2D eigenvalue weighted by Crippen LogP contribution is 2.01. The third-order valence-corrected chi connectivity index (χ3v) is 3.15. The van der Waals surface area contributed by atoms with Gasteiger partial charge in [0.25, 0.3) is 0 Å². The lowest BCUT2D eigenvalue weighted by atomic mass is 10.0. The first-order chi connectivity index (χ1) is 8.52. The van der Waals surface area contributed by atoms with Crippen molar-refractivity contribution in [3.63, 3.8) is 0 Å². The van der Waals surface area contributed by atoms with Crippen molar-refractivity contribution in [2.24, 2.45) is 11.7 Å². The molecule has 0 saturated carbocycles. The third-order valence-electron chi connectivity index (χ3n) is 3.15. The molecule has 6 heteroatoms. The second-order valence-electron chi connectivity index (χ2n) is 4.96. The van der Waals surface area contributed by atoms with Crippen LogP contribution in [0.1, 0.15) is 20.3 Å². The summed E-state index contributed by atoms with van der Waals surface area (Å²) in [6.45, 7) is 7.60. The summed E-state index contributed by atoms with van der Waals surface area (Å²) in [5.41, 5.74) is 5.29. The van der Waals surface area contributed by atoms with E-state index >= 15 is 0 Å². The number of rotatable bonds is 6. The van der Waals surface area contributed by atoms with Crippen LogP contribution >= 0.6 is 0 Å². The van der Waals surface area contributed by atoms with Crippen LogP contribution in [0.3, 0.4) is 0 Å². The average Bonchev–Trinajstić information content (AvgIpc) is 2.34. The number of carbonyl (C=O) groups is 2. The summed E-state index contributed by atoms with van der Waals surface area (Å²) in [7, 11) is 0. The van der Waals surface area contributed by atoms with Gasteiger partial charge in [0, 0.05) is 39.1 Å². The van der Waals surface area contributed by atoms with Gasteiger partial charge in [-0.15, -0.1) is 0 Å². The number of piperazine rings is 1. The van der Waals surface area contributed by atoms with Gasteiger partial charge in [0.15, 0.2) is 0 Å². The number of nitrogens with two attached hydrogens (primary N) is 1. The Morgan fingerprint density at radius 1 is 1.33 bits per heavy atom. The van der Waals surface area contributed by atoms with Crippen molar-refractivity contribution in [1.82, 2.24) is 15.5 Å². The van der Waals surface area contributed by atoms with Gasteiger partial charge in [0.1, 0.15) is 0 Å². The molecule has 4 N–H and O–H groups in total. The lowest BCUT2D eigenvalue weighted by Crippen LogP contribution is -2.48. The second kappa shape index (κ2) is 7.33. The second-order valence-corrected chi connectivity index (χ2v) is 4.96. The highest BCUT2D eigenvalue weighted by Gasteiger charge is 2.20. The maximum absolute atomic E-state index is 11.9. The molecule has 1 rings (SSSR count). The molecular weight excluding hydrogens is 232 g/mol. The summed E-state index contributed by atoms with van der Waals surface area (Å²) >= 11 is 0. The van der Waals surface area contributed by atoms with Crippen LogP contribution in [0.2, 0.25) is 0 Å². The van der Waals surface area contributed by atoms with Crippen molar-refractivity contribution >= 4 is 11.8 Å². The van der Waals surface area contributed by atoms with E-state index in [0.717, 1.165) is 26.2 Å². The number of primary amides is 1. The van der Waals surface area contributed by atoms with Gasteiger partial charge in [-0.05, 0) is 5.92 Å². The van der Waals surface area contributed by atoms with E-state index in [0.29, 0.717) is 13.0 Å². The maximum atomic E-state index is 11.9. The number of amides is 2. The summed E-state index contributed by atoms with van der Waals surface area (Å²) in [6.07, 6.45) is 0.413. The van der Waals surface area contributed by atoms with E-state index in [4.69, 9.17) is 5.73 Å². The molecule has 1 aliphatic rings. The first-order valence-electron chi connectivity index (χ1n) is 6.53. The minimum Gasteiger partial charge on any atom is -0.368 e. The van der Waals surface area contributed by atoms with Gasteiger partial charge >= 0.3 is 0 Å². The Kier molecular flexibility index (Phi) is 6.07. The van der Waals surface area contributed by atoms with Gasteiger partial charge in [-0.25, -0.2) is 0 Å². The molecule has 1 unspecified atom stereocenters. The van der Waals surface area contributed by atoms with Crippen LogP contribution in [0, 0.1) is 5.92 Å². The fraction of sp³-hybridized carbons (Fsp3) is 0.833. The largest absolute Gasteiger partial charge is 0.368 e. The summed E-state index contributed by atoms with van der Waals surface area (Å²) in [5.74, 6) is -0.0904. The standard InChI is InChI=1S/C12H24N4O2/c1-9(2)11(12(13)18)15-4-3-10(17)16-7-5-14-6-8-16/h9,11,14-15H,3-8H2,1-2H3,(H2,13,18). The van der Waals surface area contributed by atoms with Crippen molar-refractivity contribution in [3.05, 3.63) is 0 Å². The predicted octanol–water partition coefficient (Wildman–Crippen LogP) is -1.09. The minimum absolute atomic E-state index is 0.135. The fourth-order valence-electron chi connectivity index (χ4n) is 2.07. The van der Waals surface area contributed by atoms with Gasteiger partial charge in [-0.1, -0.05) is 13.8 Å². The molecule has 104 valence electrons. The molecule has 0 radical (unpaired) electrons. The van der Waals surface area contributed by atoms with E-state index in [1.165, 1.54) is 0 Å². The summed E-state index contributed by atoms with van der Waals surface area (Å²) in [4.78, 5) is 24.9. The summed E-state index contributed by atoms with van der Waals surface area (Å²) < 4.78 is 0. The topological polar surface area (TPSA) is 87.5 Å².